The van der Waals surface area contributed by atoms with Gasteiger partial charge < -0.3 is 10.3 Å². The van der Waals surface area contributed by atoms with Crippen molar-refractivity contribution in [3.63, 3.8) is 0 Å². The van der Waals surface area contributed by atoms with E-state index in [-0.39, 0.29) is 5.75 Å². The maximum atomic E-state index is 10.3. The summed E-state index contributed by atoms with van der Waals surface area (Å²) in [5, 5.41) is 0. The lowest BCUT2D eigenvalue weighted by molar-refractivity contribution is 0.283. The summed E-state index contributed by atoms with van der Waals surface area (Å²) in [5.41, 5.74) is 5.11. The molecule has 1 aromatic rings. The number of para-hydroxylation sites is 1. The normalized spacial score (nSPS) is 10.5. The molecule has 0 atom stereocenters. The molecule has 0 heterocycles. The van der Waals surface area contributed by atoms with Crippen LogP contribution in [0.2, 0.25) is 0 Å². The molecule has 1 rings (SSSR count). The van der Waals surface area contributed by atoms with Gasteiger partial charge in [0.2, 0.25) is 0 Å². The zero-order valence-electron chi connectivity index (χ0n) is 8.70. The molecule has 0 fully saturated rings. The third-order valence-electron chi connectivity index (χ3n) is 0.968. The third kappa shape index (κ3) is 11.1. The zero-order chi connectivity index (χ0) is 11.9. The highest BCUT2D eigenvalue weighted by Gasteiger charge is 2.14. The minimum atomic E-state index is -4.39. The van der Waals surface area contributed by atoms with Crippen molar-refractivity contribution in [1.82, 2.24) is 0 Å². The van der Waals surface area contributed by atoms with E-state index in [1.165, 1.54) is 12.1 Å². The molecule has 0 amide bonds. The molecule has 5 nitrogen and oxygen atoms in total. The van der Waals surface area contributed by atoms with Crippen LogP contribution in [-0.4, -0.2) is 15.8 Å². The first-order valence-corrected chi connectivity index (χ1v) is 5.90. The number of hydrogen-bond donors (Lipinski definition) is 3. The average Bonchev–Trinajstić information content (AvgIpc) is 2.01. The van der Waals surface area contributed by atoms with E-state index in [2.05, 4.69) is 4.52 Å². The van der Waals surface area contributed by atoms with Gasteiger partial charge in [0.15, 0.2) is 0 Å². The Kier molecular flexibility index (Phi) is 6.20. The Morgan fingerprint density at radius 1 is 1.27 bits per heavy atom. The van der Waals surface area contributed by atoms with E-state index in [0.29, 0.717) is 6.04 Å². The maximum absolute atomic E-state index is 10.3. The number of hydrogen-bond acceptors (Lipinski definition) is 3. The van der Waals surface area contributed by atoms with E-state index in [0.717, 1.165) is 0 Å². The predicted octanol–water partition coefficient (Wildman–Crippen LogP) is 1.51. The highest BCUT2D eigenvalue weighted by atomic mass is 31.2. The van der Waals surface area contributed by atoms with Gasteiger partial charge in [-0.25, -0.2) is 4.57 Å². The summed E-state index contributed by atoms with van der Waals surface area (Å²) in [5.74, 6) is 0.167. The van der Waals surface area contributed by atoms with E-state index in [4.69, 9.17) is 15.5 Å². The SMILES string of the molecule is CC(C)N.O=P(O)(O)Oc1ccccc1. The molecular weight excluding hydrogens is 217 g/mol. The molecular formula is C9H16NO4P. The third-order valence-corrected chi connectivity index (χ3v) is 1.42. The summed E-state index contributed by atoms with van der Waals surface area (Å²) >= 11 is 0. The molecule has 0 aliphatic rings. The van der Waals surface area contributed by atoms with E-state index in [1.54, 1.807) is 18.2 Å². The van der Waals surface area contributed by atoms with Crippen molar-refractivity contribution in [3.8, 4) is 5.75 Å². The van der Waals surface area contributed by atoms with Gasteiger partial charge in [-0.05, 0) is 18.2 Å². The lowest BCUT2D eigenvalue weighted by Crippen LogP contribution is -2.06. The summed E-state index contributed by atoms with van der Waals surface area (Å²) in [6.45, 7) is 3.89. The smallest absolute Gasteiger partial charge is 0.404 e. The second-order valence-electron chi connectivity index (χ2n) is 3.14. The fraction of sp³-hybridized carbons (Fsp3) is 0.333. The van der Waals surface area contributed by atoms with Crippen LogP contribution in [0.1, 0.15) is 13.8 Å². The van der Waals surface area contributed by atoms with Crippen molar-refractivity contribution >= 4 is 7.82 Å². The number of benzene rings is 1. The van der Waals surface area contributed by atoms with Crippen LogP contribution in [0.4, 0.5) is 0 Å². The fourth-order valence-corrected chi connectivity index (χ4v) is 1.02. The molecule has 0 unspecified atom stereocenters. The molecule has 86 valence electrons. The highest BCUT2D eigenvalue weighted by molar-refractivity contribution is 7.46. The van der Waals surface area contributed by atoms with Crippen molar-refractivity contribution < 1.29 is 18.9 Å². The molecule has 15 heavy (non-hydrogen) atoms. The summed E-state index contributed by atoms with van der Waals surface area (Å²) in [6.07, 6.45) is 0. The van der Waals surface area contributed by atoms with Crippen molar-refractivity contribution in [3.05, 3.63) is 30.3 Å². The maximum Gasteiger partial charge on any atom is 0.524 e. The second-order valence-corrected chi connectivity index (χ2v) is 4.30. The summed E-state index contributed by atoms with van der Waals surface area (Å²) < 4.78 is 14.5. The minimum Gasteiger partial charge on any atom is -0.404 e. The first-order valence-electron chi connectivity index (χ1n) is 4.37. The quantitative estimate of drug-likeness (QED) is 0.673. The topological polar surface area (TPSA) is 92.8 Å². The van der Waals surface area contributed by atoms with Crippen LogP contribution in [0.5, 0.6) is 5.75 Å². The van der Waals surface area contributed by atoms with Crippen molar-refractivity contribution in [1.29, 1.82) is 0 Å². The molecule has 0 bridgehead atoms. The Hall–Kier alpha value is -0.870. The van der Waals surface area contributed by atoms with Crippen molar-refractivity contribution in [2.75, 3.05) is 0 Å². The van der Waals surface area contributed by atoms with Crippen LogP contribution < -0.4 is 10.3 Å². The van der Waals surface area contributed by atoms with Gasteiger partial charge in [0.25, 0.3) is 0 Å². The van der Waals surface area contributed by atoms with E-state index < -0.39 is 7.82 Å². The molecule has 0 aliphatic carbocycles. The number of phosphoric ester groups is 1. The van der Waals surface area contributed by atoms with E-state index in [9.17, 15) is 4.57 Å². The van der Waals surface area contributed by atoms with Gasteiger partial charge in [0, 0.05) is 0 Å². The van der Waals surface area contributed by atoms with Gasteiger partial charge in [0.1, 0.15) is 5.75 Å². The number of phosphoric acid groups is 1. The zero-order valence-corrected chi connectivity index (χ0v) is 9.59. The summed E-state index contributed by atoms with van der Waals surface area (Å²) in [4.78, 5) is 16.7. The van der Waals surface area contributed by atoms with Gasteiger partial charge in [-0.3, -0.25) is 9.79 Å². The summed E-state index contributed by atoms with van der Waals surface area (Å²) in [6, 6.07) is 8.26. The molecule has 4 N–H and O–H groups in total. The Morgan fingerprint density at radius 3 is 2.00 bits per heavy atom. The molecule has 0 saturated heterocycles. The lowest BCUT2D eigenvalue weighted by Gasteiger charge is -2.04. The van der Waals surface area contributed by atoms with Crippen LogP contribution in [0.3, 0.4) is 0 Å². The van der Waals surface area contributed by atoms with Gasteiger partial charge in [0.05, 0.1) is 0 Å². The monoisotopic (exact) mass is 233 g/mol. The number of nitrogens with two attached hydrogens (primary N) is 1. The second kappa shape index (κ2) is 6.58. The molecule has 1 aromatic carbocycles. The van der Waals surface area contributed by atoms with Crippen LogP contribution in [0.25, 0.3) is 0 Å². The van der Waals surface area contributed by atoms with Crippen molar-refractivity contribution in [2.45, 2.75) is 19.9 Å². The summed E-state index contributed by atoms with van der Waals surface area (Å²) in [7, 11) is -4.39. The van der Waals surface area contributed by atoms with E-state index >= 15 is 0 Å². The average molecular weight is 233 g/mol. The highest BCUT2D eigenvalue weighted by Crippen LogP contribution is 2.36. The lowest BCUT2D eigenvalue weighted by atomic mass is 10.3. The van der Waals surface area contributed by atoms with Crippen LogP contribution >= 0.6 is 7.82 Å². The molecule has 6 heteroatoms. The number of rotatable bonds is 2. The molecule has 0 radical (unpaired) electrons. The van der Waals surface area contributed by atoms with Gasteiger partial charge in [-0.15, -0.1) is 0 Å². The van der Waals surface area contributed by atoms with Gasteiger partial charge in [-0.2, -0.15) is 0 Å². The van der Waals surface area contributed by atoms with Crippen molar-refractivity contribution in [2.24, 2.45) is 5.73 Å². The molecule has 0 aromatic heterocycles. The molecule has 0 aliphatic heterocycles. The first-order chi connectivity index (χ1) is 6.81. The molecule has 0 spiro atoms. The van der Waals surface area contributed by atoms with E-state index in [1.807, 2.05) is 13.8 Å². The largest absolute Gasteiger partial charge is 0.524 e. The fourth-order valence-electron chi connectivity index (χ4n) is 0.619. The van der Waals surface area contributed by atoms with Gasteiger partial charge >= 0.3 is 7.82 Å². The molecule has 0 saturated carbocycles. The Balaban J connectivity index is 0.000000423. The Morgan fingerprint density at radius 2 is 1.67 bits per heavy atom. The Labute approximate surface area is 89.1 Å². The van der Waals surface area contributed by atoms with Crippen LogP contribution in [0.15, 0.2) is 30.3 Å². The van der Waals surface area contributed by atoms with Gasteiger partial charge in [-0.1, -0.05) is 32.0 Å². The van der Waals surface area contributed by atoms with Crippen LogP contribution in [-0.2, 0) is 4.57 Å². The van der Waals surface area contributed by atoms with Crippen LogP contribution in [0, 0.1) is 0 Å². The minimum absolute atomic E-state index is 0.167. The Bertz CT molecular complexity index is 306. The predicted molar refractivity (Wildman–Crippen MR) is 58.4 cm³/mol. The standard InChI is InChI=1S/C6H7O4P.C3H9N/c7-11(8,9)10-6-4-2-1-3-5-6;1-3(2)4/h1-5H,(H2,7,8,9);3H,4H2,1-2H3. The first kappa shape index (κ1) is 14.1.